The number of hydrogen-bond acceptors (Lipinski definition) is 7. The molecular formula is C10H9BrFN5O2. The summed E-state index contributed by atoms with van der Waals surface area (Å²) < 4.78 is 23.9. The molecule has 0 atom stereocenters. The summed E-state index contributed by atoms with van der Waals surface area (Å²) in [6, 6.07) is 4.00. The standard InChI is InChI=1S/C10H9BrFN5O2/c1-18-9-14-8(17-13)15-10(16-9)19-7-3-5(11)2-6(12)4-7/h2-4H,13H2,1H3,(H,14,15,16,17). The maximum atomic E-state index is 13.2. The number of hydrogen-bond donors (Lipinski definition) is 2. The number of aromatic nitrogens is 3. The van der Waals surface area contributed by atoms with Gasteiger partial charge in [-0.25, -0.2) is 10.2 Å². The summed E-state index contributed by atoms with van der Waals surface area (Å²) >= 11 is 3.15. The van der Waals surface area contributed by atoms with Crippen LogP contribution < -0.4 is 20.7 Å². The van der Waals surface area contributed by atoms with Crippen LogP contribution in [0.3, 0.4) is 0 Å². The molecule has 0 saturated heterocycles. The van der Waals surface area contributed by atoms with Gasteiger partial charge in [0.25, 0.3) is 0 Å². The van der Waals surface area contributed by atoms with E-state index in [-0.39, 0.29) is 23.7 Å². The van der Waals surface area contributed by atoms with Crippen LogP contribution in [-0.2, 0) is 0 Å². The van der Waals surface area contributed by atoms with Gasteiger partial charge in [0.1, 0.15) is 11.6 Å². The fourth-order valence-electron chi connectivity index (χ4n) is 1.23. The van der Waals surface area contributed by atoms with E-state index in [4.69, 9.17) is 15.3 Å². The van der Waals surface area contributed by atoms with Gasteiger partial charge in [0.2, 0.25) is 5.95 Å². The Bertz CT molecular complexity index is 556. The van der Waals surface area contributed by atoms with Gasteiger partial charge in [-0.1, -0.05) is 15.9 Å². The second kappa shape index (κ2) is 5.76. The molecule has 0 saturated carbocycles. The summed E-state index contributed by atoms with van der Waals surface area (Å²) in [6.45, 7) is 0. The molecule has 0 unspecified atom stereocenters. The van der Waals surface area contributed by atoms with Gasteiger partial charge in [-0.15, -0.1) is 4.98 Å². The Kier molecular flexibility index (Phi) is 4.07. The zero-order chi connectivity index (χ0) is 13.8. The van der Waals surface area contributed by atoms with Crippen LogP contribution in [-0.4, -0.2) is 22.1 Å². The molecule has 0 radical (unpaired) electrons. The molecule has 2 aromatic rings. The van der Waals surface area contributed by atoms with E-state index in [2.05, 4.69) is 36.3 Å². The van der Waals surface area contributed by atoms with E-state index < -0.39 is 5.82 Å². The minimum Gasteiger partial charge on any atom is -0.467 e. The van der Waals surface area contributed by atoms with Crippen LogP contribution in [0.1, 0.15) is 0 Å². The van der Waals surface area contributed by atoms with E-state index in [1.165, 1.54) is 19.2 Å². The van der Waals surface area contributed by atoms with Crippen molar-refractivity contribution in [3.63, 3.8) is 0 Å². The average Bonchev–Trinajstić information content (AvgIpc) is 2.37. The fraction of sp³-hybridized carbons (Fsp3) is 0.100. The van der Waals surface area contributed by atoms with Crippen LogP contribution in [0.25, 0.3) is 0 Å². The molecule has 9 heteroatoms. The van der Waals surface area contributed by atoms with Gasteiger partial charge in [-0.2, -0.15) is 9.97 Å². The van der Waals surface area contributed by atoms with E-state index >= 15 is 0 Å². The lowest BCUT2D eigenvalue weighted by Crippen LogP contribution is -2.12. The Morgan fingerprint density at radius 2 is 1.95 bits per heavy atom. The number of rotatable bonds is 4. The first-order chi connectivity index (χ1) is 9.10. The monoisotopic (exact) mass is 329 g/mol. The lowest BCUT2D eigenvalue weighted by Gasteiger charge is -2.07. The predicted molar refractivity (Wildman–Crippen MR) is 68.4 cm³/mol. The van der Waals surface area contributed by atoms with Crippen molar-refractivity contribution in [1.82, 2.24) is 15.0 Å². The molecule has 1 heterocycles. The number of hydrazine groups is 1. The molecule has 0 aliphatic heterocycles. The van der Waals surface area contributed by atoms with Gasteiger partial charge in [0, 0.05) is 10.5 Å². The van der Waals surface area contributed by atoms with Gasteiger partial charge in [-0.3, -0.25) is 5.43 Å². The molecule has 100 valence electrons. The lowest BCUT2D eigenvalue weighted by atomic mass is 10.3. The topological polar surface area (TPSA) is 95.2 Å². The van der Waals surface area contributed by atoms with Gasteiger partial charge in [0.05, 0.1) is 7.11 Å². The third kappa shape index (κ3) is 3.48. The molecule has 0 bridgehead atoms. The molecular weight excluding hydrogens is 321 g/mol. The van der Waals surface area contributed by atoms with Crippen molar-refractivity contribution in [3.05, 3.63) is 28.5 Å². The normalized spacial score (nSPS) is 10.1. The number of nitrogens with one attached hydrogen (secondary N) is 1. The summed E-state index contributed by atoms with van der Waals surface area (Å²) in [4.78, 5) is 11.5. The highest BCUT2D eigenvalue weighted by Gasteiger charge is 2.09. The number of methoxy groups -OCH3 is 1. The van der Waals surface area contributed by atoms with Crippen molar-refractivity contribution in [2.45, 2.75) is 0 Å². The van der Waals surface area contributed by atoms with Crippen LogP contribution in [0.15, 0.2) is 22.7 Å². The summed E-state index contributed by atoms with van der Waals surface area (Å²) in [5, 5.41) is 0. The summed E-state index contributed by atoms with van der Waals surface area (Å²) in [7, 11) is 1.39. The van der Waals surface area contributed by atoms with E-state index in [1.54, 1.807) is 6.07 Å². The zero-order valence-corrected chi connectivity index (χ0v) is 11.3. The Labute approximate surface area is 116 Å². The number of ether oxygens (including phenoxy) is 2. The van der Waals surface area contributed by atoms with Crippen molar-refractivity contribution in [2.24, 2.45) is 5.84 Å². The van der Waals surface area contributed by atoms with Crippen molar-refractivity contribution in [3.8, 4) is 17.8 Å². The molecule has 0 amide bonds. The number of nitrogen functional groups attached to an aromatic ring is 1. The number of nitrogens with zero attached hydrogens (tertiary/aromatic N) is 3. The largest absolute Gasteiger partial charge is 0.467 e. The molecule has 1 aromatic carbocycles. The Morgan fingerprint density at radius 3 is 2.58 bits per heavy atom. The van der Waals surface area contributed by atoms with Crippen molar-refractivity contribution >= 4 is 21.9 Å². The summed E-state index contributed by atoms with van der Waals surface area (Å²) in [5.74, 6) is 5.04. The molecule has 19 heavy (non-hydrogen) atoms. The maximum absolute atomic E-state index is 13.2. The van der Waals surface area contributed by atoms with Crippen LogP contribution in [0.5, 0.6) is 17.8 Å². The van der Waals surface area contributed by atoms with Gasteiger partial charge in [-0.05, 0) is 12.1 Å². The van der Waals surface area contributed by atoms with Crippen LogP contribution in [0, 0.1) is 5.82 Å². The van der Waals surface area contributed by atoms with Crippen LogP contribution in [0.4, 0.5) is 10.3 Å². The second-order valence-electron chi connectivity index (χ2n) is 3.28. The molecule has 0 aliphatic rings. The second-order valence-corrected chi connectivity index (χ2v) is 4.20. The van der Waals surface area contributed by atoms with Crippen molar-refractivity contribution < 1.29 is 13.9 Å². The Balaban J connectivity index is 2.31. The van der Waals surface area contributed by atoms with E-state index in [1.807, 2.05) is 0 Å². The van der Waals surface area contributed by atoms with Crippen LogP contribution in [0.2, 0.25) is 0 Å². The molecule has 1 aromatic heterocycles. The third-order valence-corrected chi connectivity index (χ3v) is 2.41. The number of halogens is 2. The quantitative estimate of drug-likeness (QED) is 0.652. The maximum Gasteiger partial charge on any atom is 0.330 e. The molecule has 3 N–H and O–H groups in total. The smallest absolute Gasteiger partial charge is 0.330 e. The predicted octanol–water partition coefficient (Wildman–Crippen LogP) is 1.86. The van der Waals surface area contributed by atoms with Crippen LogP contribution >= 0.6 is 15.9 Å². The van der Waals surface area contributed by atoms with E-state index in [0.29, 0.717) is 4.47 Å². The van der Waals surface area contributed by atoms with Crippen molar-refractivity contribution in [1.29, 1.82) is 0 Å². The summed E-state index contributed by atoms with van der Waals surface area (Å²) in [6.07, 6.45) is 0. The highest BCUT2D eigenvalue weighted by Crippen LogP contribution is 2.25. The van der Waals surface area contributed by atoms with Gasteiger partial charge >= 0.3 is 12.0 Å². The molecule has 0 spiro atoms. The average molecular weight is 330 g/mol. The highest BCUT2D eigenvalue weighted by molar-refractivity contribution is 9.10. The Hall–Kier alpha value is -2.00. The highest BCUT2D eigenvalue weighted by atomic mass is 79.9. The molecule has 7 nitrogen and oxygen atoms in total. The van der Waals surface area contributed by atoms with E-state index in [0.717, 1.165) is 0 Å². The molecule has 0 fully saturated rings. The van der Waals surface area contributed by atoms with E-state index in [9.17, 15) is 4.39 Å². The Morgan fingerprint density at radius 1 is 1.21 bits per heavy atom. The first-order valence-electron chi connectivity index (χ1n) is 5.01. The fourth-order valence-corrected chi connectivity index (χ4v) is 1.68. The first-order valence-corrected chi connectivity index (χ1v) is 5.80. The molecule has 2 rings (SSSR count). The number of nitrogens with two attached hydrogens (primary N) is 1. The minimum absolute atomic E-state index is 0.0217. The lowest BCUT2D eigenvalue weighted by molar-refractivity contribution is 0.359. The zero-order valence-electron chi connectivity index (χ0n) is 9.72. The first kappa shape index (κ1) is 13.4. The van der Waals surface area contributed by atoms with Crippen molar-refractivity contribution in [2.75, 3.05) is 12.5 Å². The SMILES string of the molecule is COc1nc(NN)nc(Oc2cc(F)cc(Br)c2)n1. The third-order valence-electron chi connectivity index (χ3n) is 1.95. The number of anilines is 1. The summed E-state index contributed by atoms with van der Waals surface area (Å²) in [5.41, 5.74) is 2.25. The van der Waals surface area contributed by atoms with Gasteiger partial charge < -0.3 is 9.47 Å². The number of benzene rings is 1. The van der Waals surface area contributed by atoms with Gasteiger partial charge in [0.15, 0.2) is 0 Å². The minimum atomic E-state index is -0.456. The molecule has 0 aliphatic carbocycles.